The first-order chi connectivity index (χ1) is 8.51. The standard InChI is InChI=1S/C12H19N3O2S/c1-3-12(6-7-12)9-15-18(16,17)10-4-5-11(13-2)14-8-10/h4-5,8,15H,3,6-7,9H2,1-2H3,(H,13,14). The van der Waals surface area contributed by atoms with Gasteiger partial charge in [-0.25, -0.2) is 18.1 Å². The van der Waals surface area contributed by atoms with Gasteiger partial charge in [0.15, 0.2) is 0 Å². The highest BCUT2D eigenvalue weighted by Crippen LogP contribution is 2.48. The largest absolute Gasteiger partial charge is 0.373 e. The summed E-state index contributed by atoms with van der Waals surface area (Å²) >= 11 is 0. The lowest BCUT2D eigenvalue weighted by molar-refractivity contribution is 0.475. The Balaban J connectivity index is 2.05. The average molecular weight is 269 g/mol. The van der Waals surface area contributed by atoms with Crippen LogP contribution in [0.3, 0.4) is 0 Å². The number of sulfonamides is 1. The predicted molar refractivity (Wildman–Crippen MR) is 70.9 cm³/mol. The van der Waals surface area contributed by atoms with E-state index >= 15 is 0 Å². The predicted octanol–water partition coefficient (Wildman–Crippen LogP) is 1.59. The van der Waals surface area contributed by atoms with Crippen molar-refractivity contribution >= 4 is 15.8 Å². The van der Waals surface area contributed by atoms with Gasteiger partial charge in [0, 0.05) is 19.8 Å². The Hall–Kier alpha value is -1.14. The number of aromatic nitrogens is 1. The molecule has 100 valence electrons. The van der Waals surface area contributed by atoms with Crippen LogP contribution in [0.5, 0.6) is 0 Å². The molecule has 0 aromatic carbocycles. The van der Waals surface area contributed by atoms with Gasteiger partial charge in [-0.2, -0.15) is 0 Å². The molecule has 1 aromatic rings. The molecule has 18 heavy (non-hydrogen) atoms. The molecule has 2 N–H and O–H groups in total. The number of rotatable bonds is 6. The molecule has 5 nitrogen and oxygen atoms in total. The molecule has 0 saturated heterocycles. The van der Waals surface area contributed by atoms with Gasteiger partial charge in [0.25, 0.3) is 0 Å². The smallest absolute Gasteiger partial charge is 0.242 e. The summed E-state index contributed by atoms with van der Waals surface area (Å²) in [5, 5.41) is 2.85. The first kappa shape index (κ1) is 13.3. The second-order valence-electron chi connectivity index (χ2n) is 4.81. The number of hydrogen-bond acceptors (Lipinski definition) is 4. The van der Waals surface area contributed by atoms with Crippen LogP contribution in [-0.2, 0) is 10.0 Å². The van der Waals surface area contributed by atoms with E-state index in [1.165, 1.54) is 6.20 Å². The third-order valence-electron chi connectivity index (χ3n) is 3.65. The van der Waals surface area contributed by atoms with Crippen LogP contribution in [0.1, 0.15) is 26.2 Å². The second kappa shape index (κ2) is 4.85. The van der Waals surface area contributed by atoms with E-state index in [1.54, 1.807) is 19.2 Å². The number of nitrogens with one attached hydrogen (secondary N) is 2. The van der Waals surface area contributed by atoms with Gasteiger partial charge in [0.2, 0.25) is 10.0 Å². The minimum Gasteiger partial charge on any atom is -0.373 e. The zero-order valence-corrected chi connectivity index (χ0v) is 11.5. The van der Waals surface area contributed by atoms with Gasteiger partial charge in [-0.1, -0.05) is 6.92 Å². The van der Waals surface area contributed by atoms with Crippen LogP contribution < -0.4 is 10.0 Å². The fourth-order valence-corrected chi connectivity index (χ4v) is 2.95. The summed E-state index contributed by atoms with van der Waals surface area (Å²) in [6.45, 7) is 2.63. The molecule has 1 saturated carbocycles. The molecule has 0 unspecified atom stereocenters. The molecule has 1 aliphatic rings. The second-order valence-corrected chi connectivity index (χ2v) is 6.57. The molecule has 0 amide bonds. The van der Waals surface area contributed by atoms with Crippen molar-refractivity contribution in [3.63, 3.8) is 0 Å². The van der Waals surface area contributed by atoms with Crippen LogP contribution in [0.4, 0.5) is 5.82 Å². The normalized spacial score (nSPS) is 17.4. The fourth-order valence-electron chi connectivity index (χ4n) is 1.85. The topological polar surface area (TPSA) is 71.1 Å². The first-order valence-corrected chi connectivity index (χ1v) is 7.63. The van der Waals surface area contributed by atoms with Crippen molar-refractivity contribution in [2.75, 3.05) is 18.9 Å². The van der Waals surface area contributed by atoms with Gasteiger partial charge in [-0.3, -0.25) is 0 Å². The molecule has 0 radical (unpaired) electrons. The molecule has 0 atom stereocenters. The summed E-state index contributed by atoms with van der Waals surface area (Å²) in [5.74, 6) is 0.654. The Labute approximate surface area is 108 Å². The van der Waals surface area contributed by atoms with Gasteiger partial charge in [-0.15, -0.1) is 0 Å². The minimum absolute atomic E-state index is 0.200. The Morgan fingerprint density at radius 2 is 2.11 bits per heavy atom. The number of pyridine rings is 1. The molecule has 0 aliphatic heterocycles. The van der Waals surface area contributed by atoms with Crippen molar-refractivity contribution < 1.29 is 8.42 Å². The van der Waals surface area contributed by atoms with Crippen LogP contribution in [0.25, 0.3) is 0 Å². The van der Waals surface area contributed by atoms with Crippen molar-refractivity contribution in [1.82, 2.24) is 9.71 Å². The number of hydrogen-bond donors (Lipinski definition) is 2. The zero-order chi connectivity index (χ0) is 13.2. The van der Waals surface area contributed by atoms with Crippen molar-refractivity contribution in [1.29, 1.82) is 0 Å². The van der Waals surface area contributed by atoms with E-state index in [9.17, 15) is 8.42 Å². The van der Waals surface area contributed by atoms with E-state index in [-0.39, 0.29) is 10.3 Å². The summed E-state index contributed by atoms with van der Waals surface area (Å²) in [6.07, 6.45) is 4.62. The lowest BCUT2D eigenvalue weighted by Crippen LogP contribution is -2.30. The van der Waals surface area contributed by atoms with Crippen LogP contribution >= 0.6 is 0 Å². The van der Waals surface area contributed by atoms with Crippen LogP contribution in [-0.4, -0.2) is 27.0 Å². The summed E-state index contributed by atoms with van der Waals surface area (Å²) in [4.78, 5) is 4.23. The van der Waals surface area contributed by atoms with E-state index in [4.69, 9.17) is 0 Å². The summed E-state index contributed by atoms with van der Waals surface area (Å²) in [7, 11) is -1.69. The lowest BCUT2D eigenvalue weighted by Gasteiger charge is -2.13. The Morgan fingerprint density at radius 1 is 1.39 bits per heavy atom. The molecule has 1 aliphatic carbocycles. The van der Waals surface area contributed by atoms with Crippen LogP contribution in [0.15, 0.2) is 23.2 Å². The van der Waals surface area contributed by atoms with Gasteiger partial charge in [-0.05, 0) is 36.8 Å². The summed E-state index contributed by atoms with van der Waals surface area (Å²) < 4.78 is 26.8. The maximum absolute atomic E-state index is 12.1. The van der Waals surface area contributed by atoms with Crippen molar-refractivity contribution in [2.24, 2.45) is 5.41 Å². The number of anilines is 1. The molecule has 1 fully saturated rings. The maximum atomic E-state index is 12.1. The van der Waals surface area contributed by atoms with Crippen molar-refractivity contribution in [2.45, 2.75) is 31.1 Å². The van der Waals surface area contributed by atoms with Crippen molar-refractivity contribution in [3.8, 4) is 0 Å². The Kier molecular flexibility index (Phi) is 3.59. The quantitative estimate of drug-likeness (QED) is 0.822. The highest BCUT2D eigenvalue weighted by atomic mass is 32.2. The third-order valence-corrected chi connectivity index (χ3v) is 5.03. The van der Waals surface area contributed by atoms with Gasteiger partial charge < -0.3 is 5.32 Å². The van der Waals surface area contributed by atoms with Gasteiger partial charge >= 0.3 is 0 Å². The van der Waals surface area contributed by atoms with E-state index < -0.39 is 10.0 Å². The van der Waals surface area contributed by atoms with Crippen LogP contribution in [0, 0.1) is 5.41 Å². The average Bonchev–Trinajstić information content (AvgIpc) is 3.17. The number of nitrogens with zero attached hydrogens (tertiary/aromatic N) is 1. The van der Waals surface area contributed by atoms with Gasteiger partial charge in [0.05, 0.1) is 0 Å². The molecule has 1 aromatic heterocycles. The molecule has 6 heteroatoms. The summed E-state index contributed by atoms with van der Waals surface area (Å²) in [6, 6.07) is 3.22. The van der Waals surface area contributed by atoms with E-state index in [2.05, 4.69) is 21.9 Å². The molecule has 0 spiro atoms. The van der Waals surface area contributed by atoms with Crippen molar-refractivity contribution in [3.05, 3.63) is 18.3 Å². The molecule has 0 bridgehead atoms. The Morgan fingerprint density at radius 3 is 2.56 bits per heavy atom. The first-order valence-electron chi connectivity index (χ1n) is 6.15. The SMILES string of the molecule is CCC1(CNS(=O)(=O)c2ccc(NC)nc2)CC1. The van der Waals surface area contributed by atoms with Crippen LogP contribution in [0.2, 0.25) is 0 Å². The molecular formula is C12H19N3O2S. The van der Waals surface area contributed by atoms with E-state index in [0.29, 0.717) is 12.4 Å². The highest BCUT2D eigenvalue weighted by molar-refractivity contribution is 7.89. The fraction of sp³-hybridized carbons (Fsp3) is 0.583. The van der Waals surface area contributed by atoms with E-state index in [0.717, 1.165) is 19.3 Å². The molecular weight excluding hydrogens is 250 g/mol. The highest BCUT2D eigenvalue weighted by Gasteiger charge is 2.41. The van der Waals surface area contributed by atoms with E-state index in [1.807, 2.05) is 0 Å². The zero-order valence-electron chi connectivity index (χ0n) is 10.7. The maximum Gasteiger partial charge on any atom is 0.242 e. The van der Waals surface area contributed by atoms with Gasteiger partial charge in [0.1, 0.15) is 10.7 Å². The Bertz CT molecular complexity index is 507. The third kappa shape index (κ3) is 2.81. The summed E-state index contributed by atoms with van der Waals surface area (Å²) in [5.41, 5.74) is 0.200. The molecule has 1 heterocycles. The monoisotopic (exact) mass is 269 g/mol. The molecule has 2 rings (SSSR count). The lowest BCUT2D eigenvalue weighted by atomic mass is 10.1. The minimum atomic E-state index is -3.43.